The van der Waals surface area contributed by atoms with E-state index in [1.807, 2.05) is 13.0 Å². The van der Waals surface area contributed by atoms with Crippen molar-refractivity contribution >= 4 is 50.6 Å². The van der Waals surface area contributed by atoms with E-state index in [4.69, 9.17) is 23.2 Å². The SMILES string of the molecule is Cc1cc(Br)cnc1Nc1cc(Cl)c(F)c(Cl)c1. The third-order valence-corrected chi connectivity index (χ3v) is 3.28. The zero-order valence-corrected chi connectivity index (χ0v) is 12.4. The first-order valence-corrected chi connectivity index (χ1v) is 6.56. The summed E-state index contributed by atoms with van der Waals surface area (Å²) in [7, 11) is 0. The number of hydrogen-bond donors (Lipinski definition) is 1. The molecule has 0 radical (unpaired) electrons. The molecule has 2 aromatic rings. The summed E-state index contributed by atoms with van der Waals surface area (Å²) in [5.74, 6) is 0.0429. The van der Waals surface area contributed by atoms with Crippen molar-refractivity contribution in [3.8, 4) is 0 Å². The van der Waals surface area contributed by atoms with Gasteiger partial charge in [0.15, 0.2) is 5.82 Å². The van der Waals surface area contributed by atoms with E-state index >= 15 is 0 Å². The molecule has 94 valence electrons. The average Bonchev–Trinajstić information content (AvgIpc) is 2.29. The summed E-state index contributed by atoms with van der Waals surface area (Å²) in [6.07, 6.45) is 1.67. The van der Waals surface area contributed by atoms with E-state index in [0.29, 0.717) is 11.5 Å². The standard InChI is InChI=1S/C12H8BrCl2FN2/c1-6-2-7(13)5-17-12(6)18-8-3-9(14)11(16)10(15)4-8/h2-5H,1H3,(H,17,18). The molecule has 0 saturated carbocycles. The minimum atomic E-state index is -0.621. The lowest BCUT2D eigenvalue weighted by atomic mass is 10.2. The normalized spacial score (nSPS) is 10.5. The summed E-state index contributed by atoms with van der Waals surface area (Å²) >= 11 is 14.8. The van der Waals surface area contributed by atoms with Crippen LogP contribution in [0.1, 0.15) is 5.56 Å². The van der Waals surface area contributed by atoms with Crippen LogP contribution >= 0.6 is 39.1 Å². The molecule has 1 N–H and O–H groups in total. The van der Waals surface area contributed by atoms with Crippen LogP contribution in [0, 0.1) is 12.7 Å². The van der Waals surface area contributed by atoms with E-state index in [9.17, 15) is 4.39 Å². The monoisotopic (exact) mass is 348 g/mol. The Morgan fingerprint density at radius 2 is 1.83 bits per heavy atom. The molecule has 2 nitrogen and oxygen atoms in total. The van der Waals surface area contributed by atoms with Crippen LogP contribution in [0.25, 0.3) is 0 Å². The summed E-state index contributed by atoms with van der Waals surface area (Å²) in [5, 5.41) is 2.98. The van der Waals surface area contributed by atoms with Crippen LogP contribution in [0.5, 0.6) is 0 Å². The lowest BCUT2D eigenvalue weighted by Gasteiger charge is -2.10. The van der Waals surface area contributed by atoms with Crippen LogP contribution in [0.4, 0.5) is 15.9 Å². The van der Waals surface area contributed by atoms with Crippen molar-refractivity contribution in [3.05, 3.63) is 50.3 Å². The Labute approximate surface area is 122 Å². The summed E-state index contributed by atoms with van der Waals surface area (Å²) in [5.41, 5.74) is 1.53. The number of nitrogens with zero attached hydrogens (tertiary/aromatic N) is 1. The highest BCUT2D eigenvalue weighted by Gasteiger charge is 2.09. The number of pyridine rings is 1. The lowest BCUT2D eigenvalue weighted by Crippen LogP contribution is -1.97. The van der Waals surface area contributed by atoms with Gasteiger partial charge in [-0.05, 0) is 46.6 Å². The second-order valence-electron chi connectivity index (χ2n) is 3.70. The second-order valence-corrected chi connectivity index (χ2v) is 5.43. The first-order chi connectivity index (χ1) is 8.47. The van der Waals surface area contributed by atoms with Gasteiger partial charge in [-0.15, -0.1) is 0 Å². The molecule has 1 aromatic heterocycles. The van der Waals surface area contributed by atoms with E-state index in [0.717, 1.165) is 10.0 Å². The number of halogens is 4. The largest absolute Gasteiger partial charge is 0.340 e. The molecule has 0 unspecified atom stereocenters. The van der Waals surface area contributed by atoms with Gasteiger partial charge in [-0.3, -0.25) is 0 Å². The van der Waals surface area contributed by atoms with Crippen molar-refractivity contribution in [2.75, 3.05) is 5.32 Å². The highest BCUT2D eigenvalue weighted by Crippen LogP contribution is 2.29. The number of rotatable bonds is 2. The van der Waals surface area contributed by atoms with Gasteiger partial charge in [-0.1, -0.05) is 23.2 Å². The molecule has 6 heteroatoms. The van der Waals surface area contributed by atoms with Crippen LogP contribution in [0.3, 0.4) is 0 Å². The van der Waals surface area contributed by atoms with Gasteiger partial charge in [0.05, 0.1) is 10.0 Å². The zero-order chi connectivity index (χ0) is 13.3. The zero-order valence-electron chi connectivity index (χ0n) is 9.27. The molecular formula is C12H8BrCl2FN2. The predicted octanol–water partition coefficient (Wildman–Crippen LogP) is 5.34. The predicted molar refractivity (Wildman–Crippen MR) is 76.4 cm³/mol. The number of hydrogen-bond acceptors (Lipinski definition) is 2. The Balaban J connectivity index is 2.34. The molecule has 18 heavy (non-hydrogen) atoms. The van der Waals surface area contributed by atoms with Crippen molar-refractivity contribution in [1.82, 2.24) is 4.98 Å². The summed E-state index contributed by atoms with van der Waals surface area (Å²) in [6, 6.07) is 4.85. The molecule has 1 heterocycles. The van der Waals surface area contributed by atoms with Crippen molar-refractivity contribution < 1.29 is 4.39 Å². The fourth-order valence-electron chi connectivity index (χ4n) is 1.44. The molecule has 0 fully saturated rings. The Morgan fingerprint density at radius 1 is 1.22 bits per heavy atom. The number of benzene rings is 1. The minimum Gasteiger partial charge on any atom is -0.340 e. The van der Waals surface area contributed by atoms with E-state index in [1.54, 1.807) is 6.20 Å². The number of aryl methyl sites for hydroxylation is 1. The number of aromatic nitrogens is 1. The van der Waals surface area contributed by atoms with Crippen LogP contribution in [-0.4, -0.2) is 4.98 Å². The van der Waals surface area contributed by atoms with Crippen LogP contribution < -0.4 is 5.32 Å². The molecule has 1 aromatic carbocycles. The van der Waals surface area contributed by atoms with E-state index < -0.39 is 5.82 Å². The van der Waals surface area contributed by atoms with Crippen LogP contribution in [0.15, 0.2) is 28.9 Å². The highest BCUT2D eigenvalue weighted by atomic mass is 79.9. The van der Waals surface area contributed by atoms with Gasteiger partial charge in [0, 0.05) is 16.4 Å². The van der Waals surface area contributed by atoms with Gasteiger partial charge >= 0.3 is 0 Å². The Bertz CT molecular complexity index is 582. The number of nitrogens with one attached hydrogen (secondary N) is 1. The summed E-state index contributed by atoms with van der Waals surface area (Å²) < 4.78 is 14.2. The van der Waals surface area contributed by atoms with Crippen LogP contribution in [-0.2, 0) is 0 Å². The van der Waals surface area contributed by atoms with Crippen molar-refractivity contribution in [2.24, 2.45) is 0 Å². The van der Waals surface area contributed by atoms with E-state index in [1.165, 1.54) is 12.1 Å². The van der Waals surface area contributed by atoms with Gasteiger partial charge in [0.2, 0.25) is 0 Å². The Morgan fingerprint density at radius 3 is 2.39 bits per heavy atom. The van der Waals surface area contributed by atoms with Crippen molar-refractivity contribution in [1.29, 1.82) is 0 Å². The maximum absolute atomic E-state index is 13.3. The van der Waals surface area contributed by atoms with Crippen molar-refractivity contribution in [2.45, 2.75) is 6.92 Å². The molecule has 0 aliphatic heterocycles. The lowest BCUT2D eigenvalue weighted by molar-refractivity contribution is 0.629. The molecule has 0 amide bonds. The average molecular weight is 350 g/mol. The quantitative estimate of drug-likeness (QED) is 0.740. The maximum atomic E-state index is 13.3. The molecule has 0 bridgehead atoms. The summed E-state index contributed by atoms with van der Waals surface area (Å²) in [4.78, 5) is 4.22. The first-order valence-electron chi connectivity index (χ1n) is 5.01. The molecule has 0 aliphatic rings. The molecule has 0 aliphatic carbocycles. The molecule has 2 rings (SSSR count). The number of anilines is 2. The Kier molecular flexibility index (Phi) is 4.10. The van der Waals surface area contributed by atoms with Gasteiger partial charge in [-0.25, -0.2) is 9.37 Å². The van der Waals surface area contributed by atoms with Gasteiger partial charge < -0.3 is 5.32 Å². The van der Waals surface area contributed by atoms with Gasteiger partial charge in [-0.2, -0.15) is 0 Å². The Hall–Kier alpha value is -0.840. The smallest absolute Gasteiger partial charge is 0.160 e. The third-order valence-electron chi connectivity index (χ3n) is 2.29. The molecule has 0 atom stereocenters. The summed E-state index contributed by atoms with van der Waals surface area (Å²) in [6.45, 7) is 1.91. The third kappa shape index (κ3) is 2.94. The fraction of sp³-hybridized carbons (Fsp3) is 0.0833. The van der Waals surface area contributed by atoms with E-state index in [-0.39, 0.29) is 10.0 Å². The second kappa shape index (κ2) is 5.43. The molecule has 0 spiro atoms. The first kappa shape index (κ1) is 13.6. The topological polar surface area (TPSA) is 24.9 Å². The molecular weight excluding hydrogens is 342 g/mol. The van der Waals surface area contributed by atoms with Crippen LogP contribution in [0.2, 0.25) is 10.0 Å². The maximum Gasteiger partial charge on any atom is 0.160 e. The minimum absolute atomic E-state index is 0.0280. The molecule has 0 saturated heterocycles. The fourth-order valence-corrected chi connectivity index (χ4v) is 2.37. The van der Waals surface area contributed by atoms with Gasteiger partial charge in [0.25, 0.3) is 0 Å². The van der Waals surface area contributed by atoms with Crippen molar-refractivity contribution in [3.63, 3.8) is 0 Å². The highest BCUT2D eigenvalue weighted by molar-refractivity contribution is 9.10. The van der Waals surface area contributed by atoms with Gasteiger partial charge in [0.1, 0.15) is 5.82 Å². The van der Waals surface area contributed by atoms with E-state index in [2.05, 4.69) is 26.2 Å².